The molecule has 2 heterocycles. The molecule has 6 nitrogen and oxygen atoms in total. The summed E-state index contributed by atoms with van der Waals surface area (Å²) in [4.78, 5) is 24.9. The Bertz CT molecular complexity index is 1310. The van der Waals surface area contributed by atoms with Crippen LogP contribution in [0.3, 0.4) is 0 Å². The molecule has 0 saturated heterocycles. The summed E-state index contributed by atoms with van der Waals surface area (Å²) in [5.41, 5.74) is 4.31. The SMILES string of the molecule is O=C(NCCCCc1cn(C(c2ccccc2)(c2ccccc2)c2ccccc2)cn1)c1cnccn1. The minimum Gasteiger partial charge on any atom is -0.351 e. The zero-order valence-corrected chi connectivity index (χ0v) is 20.6. The van der Waals surface area contributed by atoms with Crippen molar-refractivity contribution >= 4 is 5.91 Å². The van der Waals surface area contributed by atoms with Crippen molar-refractivity contribution in [3.63, 3.8) is 0 Å². The topological polar surface area (TPSA) is 72.7 Å². The van der Waals surface area contributed by atoms with Crippen LogP contribution in [0, 0.1) is 0 Å². The highest BCUT2D eigenvalue weighted by Crippen LogP contribution is 2.40. The van der Waals surface area contributed by atoms with Gasteiger partial charge in [0, 0.05) is 25.1 Å². The number of aromatic nitrogens is 4. The number of carbonyl (C=O) groups is 1. The van der Waals surface area contributed by atoms with Gasteiger partial charge in [-0.15, -0.1) is 0 Å². The van der Waals surface area contributed by atoms with E-state index < -0.39 is 5.54 Å². The summed E-state index contributed by atoms with van der Waals surface area (Å²) in [6.45, 7) is 0.581. The summed E-state index contributed by atoms with van der Waals surface area (Å²) in [6, 6.07) is 31.7. The fourth-order valence-electron chi connectivity index (χ4n) is 4.80. The molecular formula is C31H29N5O. The van der Waals surface area contributed by atoms with Gasteiger partial charge in [0.1, 0.15) is 11.2 Å². The number of carbonyl (C=O) groups excluding carboxylic acids is 1. The first-order valence-electron chi connectivity index (χ1n) is 12.5. The highest BCUT2D eigenvalue weighted by molar-refractivity contribution is 5.91. The Balaban J connectivity index is 1.37. The minimum absolute atomic E-state index is 0.198. The molecular weight excluding hydrogens is 458 g/mol. The first kappa shape index (κ1) is 24.1. The Labute approximate surface area is 217 Å². The summed E-state index contributed by atoms with van der Waals surface area (Å²) >= 11 is 0. The molecule has 0 saturated carbocycles. The quantitative estimate of drug-likeness (QED) is 0.215. The highest BCUT2D eigenvalue weighted by Gasteiger charge is 2.38. The van der Waals surface area contributed by atoms with Crippen LogP contribution in [0.2, 0.25) is 0 Å². The monoisotopic (exact) mass is 487 g/mol. The van der Waals surface area contributed by atoms with Gasteiger partial charge in [-0.05, 0) is 36.0 Å². The van der Waals surface area contributed by atoms with Gasteiger partial charge in [0.25, 0.3) is 5.91 Å². The first-order chi connectivity index (χ1) is 18.3. The van der Waals surface area contributed by atoms with Gasteiger partial charge in [0.05, 0.1) is 18.2 Å². The third-order valence-corrected chi connectivity index (χ3v) is 6.54. The first-order valence-corrected chi connectivity index (χ1v) is 12.5. The van der Waals surface area contributed by atoms with E-state index in [0.29, 0.717) is 12.2 Å². The van der Waals surface area contributed by atoms with E-state index in [1.165, 1.54) is 29.1 Å². The Kier molecular flexibility index (Phi) is 7.46. The van der Waals surface area contributed by atoms with E-state index in [2.05, 4.69) is 98.8 Å². The number of amides is 1. The van der Waals surface area contributed by atoms with Gasteiger partial charge in [-0.25, -0.2) is 9.97 Å². The van der Waals surface area contributed by atoms with E-state index in [1.807, 2.05) is 24.5 Å². The summed E-state index contributed by atoms with van der Waals surface area (Å²) in [7, 11) is 0. The Morgan fingerprint density at radius 3 is 1.89 bits per heavy atom. The van der Waals surface area contributed by atoms with Crippen molar-refractivity contribution in [1.82, 2.24) is 24.8 Å². The molecule has 0 bridgehead atoms. The second-order valence-corrected chi connectivity index (χ2v) is 8.88. The molecule has 0 radical (unpaired) electrons. The lowest BCUT2D eigenvalue weighted by Crippen LogP contribution is -2.36. The predicted octanol–water partition coefficient (Wildman–Crippen LogP) is 5.27. The standard InChI is InChI=1S/C31H29N5O/c37-30(29-22-32-20-21-33-29)34-19-11-10-18-28-23-36(24-35-28)31(25-12-4-1-5-13-25,26-14-6-2-7-15-26)27-16-8-3-9-17-27/h1-9,12-17,20-24H,10-11,18-19H2,(H,34,37). The molecule has 2 aromatic heterocycles. The molecule has 1 N–H and O–H groups in total. The molecule has 0 fully saturated rings. The van der Waals surface area contributed by atoms with Crippen LogP contribution < -0.4 is 5.32 Å². The number of aryl methyl sites for hydroxylation is 1. The van der Waals surface area contributed by atoms with Crippen LogP contribution in [-0.2, 0) is 12.0 Å². The van der Waals surface area contributed by atoms with Crippen molar-refractivity contribution in [3.05, 3.63) is 150 Å². The lowest BCUT2D eigenvalue weighted by molar-refractivity contribution is 0.0947. The maximum atomic E-state index is 12.2. The van der Waals surface area contributed by atoms with Crippen LogP contribution in [0.5, 0.6) is 0 Å². The van der Waals surface area contributed by atoms with Gasteiger partial charge in [-0.1, -0.05) is 91.0 Å². The fourth-order valence-corrected chi connectivity index (χ4v) is 4.80. The zero-order valence-electron chi connectivity index (χ0n) is 20.6. The predicted molar refractivity (Wildman–Crippen MR) is 144 cm³/mol. The van der Waals surface area contributed by atoms with E-state index >= 15 is 0 Å². The van der Waals surface area contributed by atoms with Crippen molar-refractivity contribution in [2.45, 2.75) is 24.8 Å². The van der Waals surface area contributed by atoms with Gasteiger partial charge in [0.2, 0.25) is 0 Å². The maximum absolute atomic E-state index is 12.2. The van der Waals surface area contributed by atoms with Crippen LogP contribution in [-0.4, -0.2) is 32.0 Å². The van der Waals surface area contributed by atoms with Crippen LogP contribution >= 0.6 is 0 Å². The minimum atomic E-state index is -0.556. The molecule has 1 amide bonds. The van der Waals surface area contributed by atoms with Gasteiger partial charge >= 0.3 is 0 Å². The maximum Gasteiger partial charge on any atom is 0.271 e. The third-order valence-electron chi connectivity index (χ3n) is 6.54. The number of imidazole rings is 1. The van der Waals surface area contributed by atoms with Crippen molar-refractivity contribution in [3.8, 4) is 0 Å². The second kappa shape index (κ2) is 11.4. The Morgan fingerprint density at radius 1 is 0.757 bits per heavy atom. The highest BCUT2D eigenvalue weighted by atomic mass is 16.1. The molecule has 3 aromatic carbocycles. The summed E-state index contributed by atoms with van der Waals surface area (Å²) in [6.07, 6.45) is 11.2. The normalized spacial score (nSPS) is 11.2. The number of hydrogen-bond acceptors (Lipinski definition) is 4. The second-order valence-electron chi connectivity index (χ2n) is 8.88. The van der Waals surface area contributed by atoms with Gasteiger partial charge in [-0.3, -0.25) is 9.78 Å². The van der Waals surface area contributed by atoms with Crippen LogP contribution in [0.15, 0.2) is 122 Å². The molecule has 37 heavy (non-hydrogen) atoms. The van der Waals surface area contributed by atoms with Crippen LogP contribution in [0.4, 0.5) is 0 Å². The molecule has 0 atom stereocenters. The molecule has 0 aliphatic rings. The smallest absolute Gasteiger partial charge is 0.271 e. The lowest BCUT2D eigenvalue weighted by Gasteiger charge is -2.37. The molecule has 0 aliphatic carbocycles. The number of unbranched alkanes of at least 4 members (excludes halogenated alkanes) is 1. The Hall–Kier alpha value is -4.58. The molecule has 0 aliphatic heterocycles. The largest absolute Gasteiger partial charge is 0.351 e. The van der Waals surface area contributed by atoms with E-state index in [1.54, 1.807) is 6.20 Å². The molecule has 0 spiro atoms. The number of hydrogen-bond donors (Lipinski definition) is 1. The van der Waals surface area contributed by atoms with Crippen molar-refractivity contribution in [2.75, 3.05) is 6.54 Å². The van der Waals surface area contributed by atoms with Gasteiger partial charge < -0.3 is 9.88 Å². The lowest BCUT2D eigenvalue weighted by atomic mass is 9.77. The van der Waals surface area contributed by atoms with E-state index in [4.69, 9.17) is 4.98 Å². The number of rotatable bonds is 10. The van der Waals surface area contributed by atoms with E-state index in [9.17, 15) is 4.79 Å². The fraction of sp³-hybridized carbons (Fsp3) is 0.161. The molecule has 184 valence electrons. The number of nitrogens with one attached hydrogen (secondary N) is 1. The van der Waals surface area contributed by atoms with Crippen molar-refractivity contribution in [1.29, 1.82) is 0 Å². The van der Waals surface area contributed by atoms with Crippen molar-refractivity contribution in [2.24, 2.45) is 0 Å². The average Bonchev–Trinajstić information content (AvgIpc) is 3.44. The molecule has 0 unspecified atom stereocenters. The van der Waals surface area contributed by atoms with E-state index in [-0.39, 0.29) is 5.91 Å². The molecule has 6 heteroatoms. The molecule has 5 aromatic rings. The third kappa shape index (κ3) is 5.19. The average molecular weight is 488 g/mol. The zero-order chi connectivity index (χ0) is 25.3. The summed E-state index contributed by atoms with van der Waals surface area (Å²) in [5.74, 6) is -0.198. The summed E-state index contributed by atoms with van der Waals surface area (Å²) in [5, 5.41) is 2.91. The molecule has 5 rings (SSSR count). The Morgan fingerprint density at radius 2 is 1.35 bits per heavy atom. The number of nitrogens with zero attached hydrogens (tertiary/aromatic N) is 4. The van der Waals surface area contributed by atoms with Crippen LogP contribution in [0.1, 0.15) is 45.7 Å². The number of benzene rings is 3. The van der Waals surface area contributed by atoms with Crippen molar-refractivity contribution < 1.29 is 4.79 Å². The van der Waals surface area contributed by atoms with Gasteiger partial charge in [0.15, 0.2) is 0 Å². The van der Waals surface area contributed by atoms with Gasteiger partial charge in [-0.2, -0.15) is 0 Å². The van der Waals surface area contributed by atoms with Crippen LogP contribution in [0.25, 0.3) is 0 Å². The van der Waals surface area contributed by atoms with E-state index in [0.717, 1.165) is 25.0 Å². The summed E-state index contributed by atoms with van der Waals surface area (Å²) < 4.78 is 2.23.